The van der Waals surface area contributed by atoms with Crippen molar-refractivity contribution >= 4 is 51.7 Å². The van der Waals surface area contributed by atoms with Crippen LogP contribution in [0.25, 0.3) is 11.0 Å². The average Bonchev–Trinajstić information content (AvgIpc) is 3.03. The molecule has 0 saturated carbocycles. The third-order valence-corrected chi connectivity index (χ3v) is 5.54. The number of H-pyrrole nitrogens is 1. The zero-order valence-corrected chi connectivity index (χ0v) is 15.9. The van der Waals surface area contributed by atoms with E-state index in [2.05, 4.69) is 20.3 Å². The highest BCUT2D eigenvalue weighted by molar-refractivity contribution is 6.42. The predicted molar refractivity (Wildman–Crippen MR) is 103 cm³/mol. The number of hydrogen-bond donors (Lipinski definition) is 3. The second-order valence-electron chi connectivity index (χ2n) is 6.40. The van der Waals surface area contributed by atoms with Gasteiger partial charge in [0.25, 0.3) is 0 Å². The first-order chi connectivity index (χ1) is 13.0. The van der Waals surface area contributed by atoms with Crippen molar-refractivity contribution in [2.45, 2.75) is 19.3 Å². The summed E-state index contributed by atoms with van der Waals surface area (Å²) in [5.74, 6) is -0.124. The molecule has 9 heteroatoms. The quantitative estimate of drug-likeness (QED) is 0.599. The molecule has 1 atom stereocenters. The van der Waals surface area contributed by atoms with Crippen molar-refractivity contribution in [2.24, 2.45) is 5.92 Å². The van der Waals surface area contributed by atoms with E-state index in [0.29, 0.717) is 52.2 Å². The van der Waals surface area contributed by atoms with E-state index in [1.54, 1.807) is 12.1 Å². The van der Waals surface area contributed by atoms with Crippen molar-refractivity contribution < 1.29 is 14.6 Å². The Morgan fingerprint density at radius 3 is 2.85 bits per heavy atom. The Morgan fingerprint density at radius 2 is 2.11 bits per heavy atom. The van der Waals surface area contributed by atoms with Crippen molar-refractivity contribution in [1.29, 1.82) is 0 Å². The lowest BCUT2D eigenvalue weighted by molar-refractivity contribution is -0.142. The lowest BCUT2D eigenvalue weighted by Crippen LogP contribution is -2.21. The van der Waals surface area contributed by atoms with Crippen LogP contribution in [-0.4, -0.2) is 33.1 Å². The molecule has 0 saturated heterocycles. The number of fused-ring (bicyclic) bond motifs is 3. The number of ether oxygens (including phenoxy) is 1. The second-order valence-corrected chi connectivity index (χ2v) is 7.21. The van der Waals surface area contributed by atoms with Crippen LogP contribution in [0.5, 0.6) is 5.75 Å². The summed E-state index contributed by atoms with van der Waals surface area (Å²) < 4.78 is 5.37. The molecule has 2 heterocycles. The highest BCUT2D eigenvalue weighted by Crippen LogP contribution is 2.39. The standard InChI is InChI=1S/C18H16Cl2N4O3/c1-27-14-6-11(20)10(19)5-13(14)24-17-15-9-4-8(18(25)26)2-3-12(9)23-16(15)21-7-22-17/h5-8H,2-4H2,1H3,(H,25,26)(H2,21,22,23,24)/t8-/m0/s1. The summed E-state index contributed by atoms with van der Waals surface area (Å²) in [5, 5.41) is 14.2. The highest BCUT2D eigenvalue weighted by atomic mass is 35.5. The van der Waals surface area contributed by atoms with Crippen LogP contribution >= 0.6 is 23.2 Å². The van der Waals surface area contributed by atoms with Gasteiger partial charge >= 0.3 is 5.97 Å². The molecule has 140 valence electrons. The van der Waals surface area contributed by atoms with Crippen molar-refractivity contribution in [3.8, 4) is 5.75 Å². The smallest absolute Gasteiger partial charge is 0.306 e. The molecule has 7 nitrogen and oxygen atoms in total. The van der Waals surface area contributed by atoms with Crippen LogP contribution in [0.3, 0.4) is 0 Å². The Labute approximate surface area is 164 Å². The van der Waals surface area contributed by atoms with Gasteiger partial charge in [-0.15, -0.1) is 0 Å². The molecule has 1 aromatic carbocycles. The molecule has 0 aliphatic heterocycles. The van der Waals surface area contributed by atoms with E-state index >= 15 is 0 Å². The number of halogens is 2. The third-order valence-electron chi connectivity index (χ3n) is 4.82. The Kier molecular flexibility index (Phi) is 4.57. The van der Waals surface area contributed by atoms with Gasteiger partial charge in [-0.3, -0.25) is 4.79 Å². The molecule has 3 aromatic rings. The zero-order chi connectivity index (χ0) is 19.1. The highest BCUT2D eigenvalue weighted by Gasteiger charge is 2.29. The molecule has 0 spiro atoms. The van der Waals surface area contributed by atoms with Crippen LogP contribution in [0.1, 0.15) is 17.7 Å². The fourth-order valence-corrected chi connectivity index (χ4v) is 3.79. The Balaban J connectivity index is 1.81. The molecule has 27 heavy (non-hydrogen) atoms. The third kappa shape index (κ3) is 3.17. The topological polar surface area (TPSA) is 100 Å². The van der Waals surface area contributed by atoms with Gasteiger partial charge in [-0.2, -0.15) is 0 Å². The van der Waals surface area contributed by atoms with Gasteiger partial charge in [0, 0.05) is 11.8 Å². The summed E-state index contributed by atoms with van der Waals surface area (Å²) in [6, 6.07) is 3.29. The molecule has 3 N–H and O–H groups in total. The van der Waals surface area contributed by atoms with E-state index in [-0.39, 0.29) is 0 Å². The SMILES string of the molecule is COc1cc(Cl)c(Cl)cc1Nc1ncnc2[nH]c3c(c12)C[C@@H](C(=O)O)CC3. The Bertz CT molecular complexity index is 1050. The van der Waals surface area contributed by atoms with Gasteiger partial charge in [0.15, 0.2) is 0 Å². The molecule has 1 aliphatic carbocycles. The van der Waals surface area contributed by atoms with Gasteiger partial charge in [-0.1, -0.05) is 23.2 Å². The summed E-state index contributed by atoms with van der Waals surface area (Å²) in [4.78, 5) is 23.4. The van der Waals surface area contributed by atoms with Crippen LogP contribution in [0, 0.1) is 5.92 Å². The zero-order valence-electron chi connectivity index (χ0n) is 14.3. The Hall–Kier alpha value is -2.51. The molecular formula is C18H16Cl2N4O3. The lowest BCUT2D eigenvalue weighted by atomic mass is 9.86. The number of aliphatic carboxylic acids is 1. The number of methoxy groups -OCH3 is 1. The van der Waals surface area contributed by atoms with E-state index in [1.807, 2.05) is 0 Å². The first-order valence-electron chi connectivity index (χ1n) is 8.35. The van der Waals surface area contributed by atoms with E-state index in [9.17, 15) is 9.90 Å². The van der Waals surface area contributed by atoms with E-state index in [1.165, 1.54) is 13.4 Å². The van der Waals surface area contributed by atoms with Crippen molar-refractivity contribution in [2.75, 3.05) is 12.4 Å². The maximum atomic E-state index is 11.5. The number of anilines is 2. The van der Waals surface area contributed by atoms with E-state index in [0.717, 1.165) is 16.6 Å². The van der Waals surface area contributed by atoms with E-state index in [4.69, 9.17) is 27.9 Å². The summed E-state index contributed by atoms with van der Waals surface area (Å²) in [6.45, 7) is 0. The minimum absolute atomic E-state index is 0.382. The number of carboxylic acids is 1. The number of aryl methyl sites for hydroxylation is 1. The number of aromatic amines is 1. The van der Waals surface area contributed by atoms with Gasteiger partial charge in [-0.25, -0.2) is 9.97 Å². The van der Waals surface area contributed by atoms with Crippen LogP contribution < -0.4 is 10.1 Å². The number of carboxylic acid groups (broad SMARTS) is 1. The maximum absolute atomic E-state index is 11.5. The number of carbonyl (C=O) groups is 1. The number of benzene rings is 1. The number of nitrogens with zero attached hydrogens (tertiary/aromatic N) is 2. The summed E-state index contributed by atoms with van der Waals surface area (Å²) in [5.41, 5.74) is 3.22. The minimum Gasteiger partial charge on any atom is -0.495 e. The number of hydrogen-bond acceptors (Lipinski definition) is 5. The molecule has 0 fully saturated rings. The molecule has 0 bridgehead atoms. The van der Waals surface area contributed by atoms with E-state index < -0.39 is 11.9 Å². The minimum atomic E-state index is -0.785. The molecule has 0 amide bonds. The fourth-order valence-electron chi connectivity index (χ4n) is 3.47. The largest absolute Gasteiger partial charge is 0.495 e. The van der Waals surface area contributed by atoms with Crippen molar-refractivity contribution in [3.05, 3.63) is 39.8 Å². The fraction of sp³-hybridized carbons (Fsp3) is 0.278. The van der Waals surface area contributed by atoms with Crippen LogP contribution in [0.15, 0.2) is 18.5 Å². The number of nitrogens with one attached hydrogen (secondary N) is 2. The number of aromatic nitrogens is 3. The average molecular weight is 407 g/mol. The van der Waals surface area contributed by atoms with Gasteiger partial charge < -0.3 is 20.1 Å². The Morgan fingerprint density at radius 1 is 1.33 bits per heavy atom. The monoisotopic (exact) mass is 406 g/mol. The predicted octanol–water partition coefficient (Wildman–Crippen LogP) is 4.21. The first-order valence-corrected chi connectivity index (χ1v) is 9.10. The number of rotatable bonds is 4. The molecule has 1 aliphatic rings. The molecule has 4 rings (SSSR count). The molecule has 2 aromatic heterocycles. The van der Waals surface area contributed by atoms with Gasteiger partial charge in [0.1, 0.15) is 23.5 Å². The van der Waals surface area contributed by atoms with Gasteiger partial charge in [0.05, 0.1) is 34.1 Å². The van der Waals surface area contributed by atoms with Gasteiger partial charge in [-0.05, 0) is 30.9 Å². The molecule has 0 unspecified atom stereocenters. The van der Waals surface area contributed by atoms with Crippen molar-refractivity contribution in [3.63, 3.8) is 0 Å². The van der Waals surface area contributed by atoms with Crippen molar-refractivity contribution in [1.82, 2.24) is 15.0 Å². The lowest BCUT2D eigenvalue weighted by Gasteiger charge is -2.19. The van der Waals surface area contributed by atoms with Gasteiger partial charge in [0.2, 0.25) is 0 Å². The summed E-state index contributed by atoms with van der Waals surface area (Å²) in [6.07, 6.45) is 3.15. The van der Waals surface area contributed by atoms with Crippen LogP contribution in [-0.2, 0) is 17.6 Å². The molecular weight excluding hydrogens is 391 g/mol. The second kappa shape index (κ2) is 6.90. The first kappa shape index (κ1) is 17.9. The summed E-state index contributed by atoms with van der Waals surface area (Å²) >= 11 is 12.2. The van der Waals surface area contributed by atoms with Crippen LogP contribution in [0.2, 0.25) is 10.0 Å². The summed E-state index contributed by atoms with van der Waals surface area (Å²) in [7, 11) is 1.54. The normalized spacial score (nSPS) is 16.2. The van der Waals surface area contributed by atoms with Crippen LogP contribution in [0.4, 0.5) is 11.5 Å². The maximum Gasteiger partial charge on any atom is 0.306 e. The molecule has 0 radical (unpaired) electrons.